The van der Waals surface area contributed by atoms with Gasteiger partial charge in [0.25, 0.3) is 10.0 Å². The van der Waals surface area contributed by atoms with Crippen molar-refractivity contribution < 1.29 is 21.6 Å². The van der Waals surface area contributed by atoms with Crippen LogP contribution in [-0.4, -0.2) is 39.6 Å². The SMILES string of the molecule is O=S(=O)(Nc1cccc(F)n1)c1c(F)cc(N2CCC(C3CCNCC3)C2)c(Cl)c1F. The van der Waals surface area contributed by atoms with Gasteiger partial charge < -0.3 is 10.2 Å². The summed E-state index contributed by atoms with van der Waals surface area (Å²) in [6.07, 6.45) is 3.01. The molecular weight excluding hydrogens is 453 g/mol. The van der Waals surface area contributed by atoms with Crippen LogP contribution in [0.3, 0.4) is 0 Å². The first-order chi connectivity index (χ1) is 14.8. The van der Waals surface area contributed by atoms with Gasteiger partial charge in [-0.25, -0.2) is 22.2 Å². The maximum atomic E-state index is 15.0. The van der Waals surface area contributed by atoms with Crippen molar-refractivity contribution in [1.29, 1.82) is 0 Å². The van der Waals surface area contributed by atoms with Crippen molar-refractivity contribution >= 4 is 33.1 Å². The molecule has 1 unspecified atom stereocenters. The van der Waals surface area contributed by atoms with Gasteiger partial charge in [0, 0.05) is 19.2 Å². The average molecular weight is 475 g/mol. The fourth-order valence-corrected chi connectivity index (χ4v) is 5.87. The van der Waals surface area contributed by atoms with Crippen molar-refractivity contribution in [1.82, 2.24) is 10.3 Å². The van der Waals surface area contributed by atoms with E-state index >= 15 is 0 Å². The van der Waals surface area contributed by atoms with Crippen molar-refractivity contribution in [3.05, 3.63) is 46.9 Å². The Morgan fingerprint density at radius 1 is 1.13 bits per heavy atom. The van der Waals surface area contributed by atoms with Gasteiger partial charge in [-0.15, -0.1) is 0 Å². The molecule has 0 radical (unpaired) electrons. The first kappa shape index (κ1) is 22.2. The standard InChI is InChI=1S/C20H22ClF3N4O2S/c21-18-15(28-9-6-13(11-28)12-4-7-25-8-5-12)10-14(22)20(19(18)24)31(29,30)27-17-3-1-2-16(23)26-17/h1-3,10,12-13,25H,4-9,11H2,(H,26,27). The van der Waals surface area contributed by atoms with Crippen LogP contribution in [0.5, 0.6) is 0 Å². The fraction of sp³-hybridized carbons (Fsp3) is 0.450. The smallest absolute Gasteiger partial charge is 0.268 e. The maximum Gasteiger partial charge on any atom is 0.268 e. The quantitative estimate of drug-likeness (QED) is 0.509. The molecule has 2 aromatic rings. The van der Waals surface area contributed by atoms with Gasteiger partial charge >= 0.3 is 0 Å². The van der Waals surface area contributed by atoms with Gasteiger partial charge in [-0.05, 0) is 56.3 Å². The molecule has 2 N–H and O–H groups in total. The number of halogens is 4. The largest absolute Gasteiger partial charge is 0.370 e. The summed E-state index contributed by atoms with van der Waals surface area (Å²) in [5, 5.41) is 2.87. The average Bonchev–Trinajstić information content (AvgIpc) is 3.21. The Bertz CT molecular complexity index is 1080. The number of hydrogen-bond acceptors (Lipinski definition) is 5. The summed E-state index contributed by atoms with van der Waals surface area (Å²) in [4.78, 5) is 3.94. The number of nitrogens with zero attached hydrogens (tertiary/aromatic N) is 2. The number of sulfonamides is 1. The van der Waals surface area contributed by atoms with E-state index in [4.69, 9.17) is 11.6 Å². The molecule has 168 valence electrons. The molecule has 2 saturated heterocycles. The maximum absolute atomic E-state index is 15.0. The van der Waals surface area contributed by atoms with Gasteiger partial charge in [0.05, 0.1) is 5.69 Å². The molecule has 2 fully saturated rings. The third-order valence-corrected chi connectivity index (χ3v) is 7.69. The van der Waals surface area contributed by atoms with Gasteiger partial charge in [-0.3, -0.25) is 4.72 Å². The predicted molar refractivity (Wildman–Crippen MR) is 112 cm³/mol. The molecule has 3 heterocycles. The zero-order valence-corrected chi connectivity index (χ0v) is 18.1. The molecule has 0 amide bonds. The first-order valence-electron chi connectivity index (χ1n) is 10.0. The monoisotopic (exact) mass is 474 g/mol. The molecule has 4 rings (SSSR count). The molecule has 2 aliphatic heterocycles. The second kappa shape index (κ2) is 8.84. The minimum Gasteiger partial charge on any atom is -0.370 e. The zero-order valence-electron chi connectivity index (χ0n) is 16.5. The lowest BCUT2D eigenvalue weighted by Gasteiger charge is -2.28. The van der Waals surface area contributed by atoms with E-state index in [1.54, 1.807) is 4.90 Å². The molecular formula is C20H22ClF3N4O2S. The predicted octanol–water partition coefficient (Wildman–Crippen LogP) is 3.78. The lowest BCUT2D eigenvalue weighted by molar-refractivity contribution is 0.276. The molecule has 0 spiro atoms. The van der Waals surface area contributed by atoms with Crippen molar-refractivity contribution in [2.45, 2.75) is 24.2 Å². The Kier molecular flexibility index (Phi) is 6.32. The summed E-state index contributed by atoms with van der Waals surface area (Å²) in [6, 6.07) is 4.34. The molecule has 0 bridgehead atoms. The molecule has 1 atom stereocenters. The summed E-state index contributed by atoms with van der Waals surface area (Å²) < 4.78 is 70.1. The number of anilines is 2. The number of pyridine rings is 1. The van der Waals surface area contributed by atoms with Crippen LogP contribution in [0.25, 0.3) is 0 Å². The Labute approximate surface area is 183 Å². The normalized spacial score (nSPS) is 20.3. The molecule has 0 saturated carbocycles. The minimum absolute atomic E-state index is 0.135. The third-order valence-electron chi connectivity index (χ3n) is 5.94. The fourth-order valence-electron chi connectivity index (χ4n) is 4.40. The van der Waals surface area contributed by atoms with Crippen molar-refractivity contribution in [3.8, 4) is 0 Å². The Balaban J connectivity index is 1.59. The van der Waals surface area contributed by atoms with Crippen LogP contribution in [0, 0.1) is 29.4 Å². The summed E-state index contributed by atoms with van der Waals surface area (Å²) in [7, 11) is -4.72. The van der Waals surface area contributed by atoms with Crippen LogP contribution >= 0.6 is 11.6 Å². The van der Waals surface area contributed by atoms with Crippen molar-refractivity contribution in [2.75, 3.05) is 35.8 Å². The zero-order chi connectivity index (χ0) is 22.2. The van der Waals surface area contributed by atoms with E-state index < -0.39 is 43.3 Å². The van der Waals surface area contributed by atoms with Gasteiger partial charge in [0.2, 0.25) is 5.95 Å². The van der Waals surface area contributed by atoms with E-state index in [0.717, 1.165) is 50.6 Å². The summed E-state index contributed by atoms with van der Waals surface area (Å²) in [5.74, 6) is -3.05. The van der Waals surface area contributed by atoms with Crippen LogP contribution in [0.15, 0.2) is 29.2 Å². The van der Waals surface area contributed by atoms with Crippen LogP contribution in [0.2, 0.25) is 5.02 Å². The number of hydrogen-bond donors (Lipinski definition) is 2. The molecule has 11 heteroatoms. The Morgan fingerprint density at radius 3 is 2.58 bits per heavy atom. The van der Waals surface area contributed by atoms with Gasteiger partial charge in [-0.1, -0.05) is 17.7 Å². The van der Waals surface area contributed by atoms with E-state index in [2.05, 4.69) is 10.3 Å². The first-order valence-corrected chi connectivity index (χ1v) is 11.9. The molecule has 0 aliphatic carbocycles. The highest BCUT2D eigenvalue weighted by Gasteiger charge is 2.34. The van der Waals surface area contributed by atoms with E-state index in [0.29, 0.717) is 24.9 Å². The topological polar surface area (TPSA) is 74.3 Å². The number of aromatic nitrogens is 1. The molecule has 2 aliphatic rings. The number of piperidine rings is 1. The number of rotatable bonds is 5. The van der Waals surface area contributed by atoms with E-state index in [1.807, 2.05) is 4.72 Å². The molecule has 1 aromatic carbocycles. The van der Waals surface area contributed by atoms with Crippen LogP contribution < -0.4 is 14.9 Å². The summed E-state index contributed by atoms with van der Waals surface area (Å²) >= 11 is 6.16. The Morgan fingerprint density at radius 2 is 1.87 bits per heavy atom. The van der Waals surface area contributed by atoms with E-state index in [9.17, 15) is 21.6 Å². The van der Waals surface area contributed by atoms with Crippen molar-refractivity contribution in [3.63, 3.8) is 0 Å². The molecule has 1 aromatic heterocycles. The second-order valence-corrected chi connectivity index (χ2v) is 9.87. The van der Waals surface area contributed by atoms with Gasteiger partial charge in [-0.2, -0.15) is 4.39 Å². The summed E-state index contributed by atoms with van der Waals surface area (Å²) in [5.41, 5.74) is 0.135. The van der Waals surface area contributed by atoms with Crippen LogP contribution in [0.4, 0.5) is 24.7 Å². The van der Waals surface area contributed by atoms with Crippen molar-refractivity contribution in [2.24, 2.45) is 11.8 Å². The Hall–Kier alpha value is -2.04. The minimum atomic E-state index is -4.72. The van der Waals surface area contributed by atoms with Gasteiger partial charge in [0.15, 0.2) is 10.7 Å². The number of benzene rings is 1. The molecule has 31 heavy (non-hydrogen) atoms. The highest BCUT2D eigenvalue weighted by molar-refractivity contribution is 7.92. The van der Waals surface area contributed by atoms with E-state index in [1.165, 1.54) is 6.07 Å². The van der Waals surface area contributed by atoms with Gasteiger partial charge in [0.1, 0.15) is 16.7 Å². The highest BCUT2D eigenvalue weighted by Crippen LogP contribution is 2.39. The lowest BCUT2D eigenvalue weighted by Crippen LogP contribution is -2.33. The highest BCUT2D eigenvalue weighted by atomic mass is 35.5. The third kappa shape index (κ3) is 4.61. The lowest BCUT2D eigenvalue weighted by atomic mass is 9.84. The summed E-state index contributed by atoms with van der Waals surface area (Å²) in [6.45, 7) is 3.13. The van der Waals surface area contributed by atoms with E-state index in [-0.39, 0.29) is 5.69 Å². The number of nitrogens with one attached hydrogen (secondary N) is 2. The second-order valence-electron chi connectivity index (χ2n) is 7.87. The van der Waals surface area contributed by atoms with Crippen LogP contribution in [0.1, 0.15) is 19.3 Å². The molecule has 6 nitrogen and oxygen atoms in total. The van der Waals surface area contributed by atoms with Crippen LogP contribution in [-0.2, 0) is 10.0 Å².